The summed E-state index contributed by atoms with van der Waals surface area (Å²) in [4.78, 5) is 16.8. The van der Waals surface area contributed by atoms with Gasteiger partial charge in [0.15, 0.2) is 6.10 Å². The second-order valence-electron chi connectivity index (χ2n) is 8.17. The van der Waals surface area contributed by atoms with Crippen LogP contribution in [0.2, 0.25) is 0 Å². The van der Waals surface area contributed by atoms with Crippen molar-refractivity contribution in [3.05, 3.63) is 24.0 Å². The average molecular weight is 375 g/mol. The summed E-state index contributed by atoms with van der Waals surface area (Å²) in [6.45, 7) is 4.93. The van der Waals surface area contributed by atoms with Gasteiger partial charge in [0.2, 0.25) is 0 Å². The van der Waals surface area contributed by atoms with E-state index in [4.69, 9.17) is 14.2 Å². The standard InChI is InChI=1S/C20H29N3O4/c1-13-15(7-6-10-21-13)27-16-12-26-17-14(11-25-18(16)17)22-19(24)23-20(2)8-4-3-5-9-20/h6-7,10,14,16-18H,3-5,8-9,11-12H2,1-2H3,(H2,22,23,24)/t14-,16-,17+,18+/m0/s1. The highest BCUT2D eigenvalue weighted by Gasteiger charge is 2.49. The highest BCUT2D eigenvalue weighted by Crippen LogP contribution is 2.31. The smallest absolute Gasteiger partial charge is 0.315 e. The van der Waals surface area contributed by atoms with E-state index in [1.807, 2.05) is 19.1 Å². The largest absolute Gasteiger partial charge is 0.483 e. The monoisotopic (exact) mass is 375 g/mol. The van der Waals surface area contributed by atoms with Crippen LogP contribution in [0.15, 0.2) is 18.3 Å². The Kier molecular flexibility index (Phi) is 5.23. The number of hydrogen-bond acceptors (Lipinski definition) is 5. The van der Waals surface area contributed by atoms with Crippen LogP contribution in [-0.2, 0) is 9.47 Å². The lowest BCUT2D eigenvalue weighted by Crippen LogP contribution is -2.55. The molecule has 27 heavy (non-hydrogen) atoms. The molecule has 0 radical (unpaired) electrons. The molecule has 7 heteroatoms. The molecule has 2 saturated heterocycles. The van der Waals surface area contributed by atoms with Crippen LogP contribution in [0.5, 0.6) is 5.75 Å². The van der Waals surface area contributed by atoms with E-state index < -0.39 is 0 Å². The van der Waals surface area contributed by atoms with Gasteiger partial charge in [0, 0.05) is 11.7 Å². The number of aromatic nitrogens is 1. The molecule has 1 aromatic rings. The zero-order valence-electron chi connectivity index (χ0n) is 16.1. The van der Waals surface area contributed by atoms with E-state index in [1.54, 1.807) is 6.20 Å². The predicted molar refractivity (Wildman–Crippen MR) is 99.8 cm³/mol. The molecule has 3 aliphatic rings. The summed E-state index contributed by atoms with van der Waals surface area (Å²) in [7, 11) is 0. The molecule has 0 aromatic carbocycles. The molecule has 0 unspecified atom stereocenters. The Morgan fingerprint density at radius 2 is 2.00 bits per heavy atom. The molecule has 0 spiro atoms. The summed E-state index contributed by atoms with van der Waals surface area (Å²) in [5.41, 5.74) is 0.732. The lowest BCUT2D eigenvalue weighted by molar-refractivity contribution is 0.0299. The maximum atomic E-state index is 12.5. The maximum absolute atomic E-state index is 12.5. The Morgan fingerprint density at radius 3 is 2.78 bits per heavy atom. The van der Waals surface area contributed by atoms with Crippen LogP contribution in [0.25, 0.3) is 0 Å². The van der Waals surface area contributed by atoms with Crippen molar-refractivity contribution in [1.82, 2.24) is 15.6 Å². The van der Waals surface area contributed by atoms with E-state index in [2.05, 4.69) is 22.5 Å². The normalized spacial score (nSPS) is 31.9. The molecule has 4 rings (SSSR count). The van der Waals surface area contributed by atoms with E-state index in [0.717, 1.165) is 24.3 Å². The van der Waals surface area contributed by atoms with Crippen molar-refractivity contribution < 1.29 is 19.0 Å². The Bertz CT molecular complexity index is 677. The molecule has 1 aromatic heterocycles. The predicted octanol–water partition coefficient (Wildman–Crippen LogP) is 2.33. The number of pyridine rings is 1. The van der Waals surface area contributed by atoms with E-state index in [-0.39, 0.29) is 35.9 Å². The zero-order chi connectivity index (χ0) is 18.9. The Morgan fingerprint density at radius 1 is 1.22 bits per heavy atom. The summed E-state index contributed by atoms with van der Waals surface area (Å²) in [5.74, 6) is 0.745. The van der Waals surface area contributed by atoms with Crippen LogP contribution >= 0.6 is 0 Å². The minimum absolute atomic E-state index is 0.110. The van der Waals surface area contributed by atoms with Gasteiger partial charge in [-0.15, -0.1) is 0 Å². The summed E-state index contributed by atoms with van der Waals surface area (Å²) in [6.07, 6.45) is 6.85. The molecule has 4 atom stereocenters. The number of carbonyl (C=O) groups is 1. The van der Waals surface area contributed by atoms with Crippen LogP contribution in [0, 0.1) is 6.92 Å². The maximum Gasteiger partial charge on any atom is 0.315 e. The summed E-state index contributed by atoms with van der Waals surface area (Å²) in [5, 5.41) is 6.21. The van der Waals surface area contributed by atoms with Crippen molar-refractivity contribution in [3.8, 4) is 5.75 Å². The van der Waals surface area contributed by atoms with Gasteiger partial charge in [0.25, 0.3) is 0 Å². The fourth-order valence-corrected chi connectivity index (χ4v) is 4.38. The van der Waals surface area contributed by atoms with Crippen molar-refractivity contribution in [2.45, 2.75) is 75.8 Å². The summed E-state index contributed by atoms with van der Waals surface area (Å²) in [6, 6.07) is 3.46. The number of carbonyl (C=O) groups excluding carboxylic acids is 1. The number of urea groups is 1. The highest BCUT2D eigenvalue weighted by atomic mass is 16.6. The quantitative estimate of drug-likeness (QED) is 0.844. The first-order chi connectivity index (χ1) is 13.0. The molecule has 2 aliphatic heterocycles. The fourth-order valence-electron chi connectivity index (χ4n) is 4.38. The van der Waals surface area contributed by atoms with E-state index in [9.17, 15) is 4.79 Å². The SMILES string of the molecule is Cc1ncccc1O[C@H]1CO[C@H]2[C@@H]1OC[C@@H]2NC(=O)NC1(C)CCCCC1. The zero-order valence-corrected chi connectivity index (χ0v) is 16.1. The number of rotatable bonds is 4. The number of fused-ring (bicyclic) bond motifs is 1. The summed E-state index contributed by atoms with van der Waals surface area (Å²) >= 11 is 0. The first-order valence-electron chi connectivity index (χ1n) is 9.94. The number of aryl methyl sites for hydroxylation is 1. The lowest BCUT2D eigenvalue weighted by Gasteiger charge is -2.35. The third-order valence-corrected chi connectivity index (χ3v) is 5.93. The molecule has 3 heterocycles. The van der Waals surface area contributed by atoms with Crippen LogP contribution in [-0.4, -0.2) is 54.1 Å². The van der Waals surface area contributed by atoms with Crippen molar-refractivity contribution in [2.24, 2.45) is 0 Å². The van der Waals surface area contributed by atoms with Crippen molar-refractivity contribution in [1.29, 1.82) is 0 Å². The topological polar surface area (TPSA) is 81.7 Å². The molecular formula is C20H29N3O4. The molecule has 2 amide bonds. The number of hydrogen-bond donors (Lipinski definition) is 2. The first kappa shape index (κ1) is 18.5. The van der Waals surface area contributed by atoms with Crippen molar-refractivity contribution >= 4 is 6.03 Å². The summed E-state index contributed by atoms with van der Waals surface area (Å²) < 4.78 is 17.9. The van der Waals surface area contributed by atoms with Crippen molar-refractivity contribution in [3.63, 3.8) is 0 Å². The van der Waals surface area contributed by atoms with Crippen LogP contribution < -0.4 is 15.4 Å². The Balaban J connectivity index is 1.32. The van der Waals surface area contributed by atoms with Gasteiger partial charge >= 0.3 is 6.03 Å². The number of nitrogens with one attached hydrogen (secondary N) is 2. The molecule has 2 N–H and O–H groups in total. The van der Waals surface area contributed by atoms with Gasteiger partial charge in [-0.1, -0.05) is 19.3 Å². The molecule has 7 nitrogen and oxygen atoms in total. The third kappa shape index (κ3) is 4.04. The molecule has 0 bridgehead atoms. The van der Waals surface area contributed by atoms with Crippen LogP contribution in [0.1, 0.15) is 44.7 Å². The van der Waals surface area contributed by atoms with Crippen LogP contribution in [0.3, 0.4) is 0 Å². The fraction of sp³-hybridized carbons (Fsp3) is 0.700. The van der Waals surface area contributed by atoms with Gasteiger partial charge < -0.3 is 24.8 Å². The highest BCUT2D eigenvalue weighted by molar-refractivity contribution is 5.75. The second-order valence-corrected chi connectivity index (χ2v) is 8.17. The number of amides is 2. The Labute approximate surface area is 160 Å². The number of ether oxygens (including phenoxy) is 3. The van der Waals surface area contributed by atoms with E-state index >= 15 is 0 Å². The van der Waals surface area contributed by atoms with Gasteiger partial charge in [0.05, 0.1) is 24.9 Å². The molecule has 1 aliphatic carbocycles. The first-order valence-corrected chi connectivity index (χ1v) is 9.94. The van der Waals surface area contributed by atoms with Gasteiger partial charge in [-0.3, -0.25) is 4.98 Å². The lowest BCUT2D eigenvalue weighted by atomic mass is 9.83. The van der Waals surface area contributed by atoms with Crippen LogP contribution in [0.4, 0.5) is 4.79 Å². The van der Waals surface area contributed by atoms with E-state index in [0.29, 0.717) is 13.2 Å². The molecule has 3 fully saturated rings. The molecule has 148 valence electrons. The molecule has 1 saturated carbocycles. The van der Waals surface area contributed by atoms with Crippen molar-refractivity contribution in [2.75, 3.05) is 13.2 Å². The van der Waals surface area contributed by atoms with Gasteiger partial charge in [-0.2, -0.15) is 0 Å². The Hall–Kier alpha value is -1.86. The third-order valence-electron chi connectivity index (χ3n) is 5.93. The molecular weight excluding hydrogens is 346 g/mol. The van der Waals surface area contributed by atoms with Gasteiger partial charge in [-0.05, 0) is 38.8 Å². The minimum atomic E-state index is -0.191. The van der Waals surface area contributed by atoms with Gasteiger partial charge in [0.1, 0.15) is 18.0 Å². The second kappa shape index (κ2) is 7.64. The minimum Gasteiger partial charge on any atom is -0.483 e. The average Bonchev–Trinajstić information content (AvgIpc) is 3.21. The number of nitrogens with zero attached hydrogens (tertiary/aromatic N) is 1. The van der Waals surface area contributed by atoms with E-state index in [1.165, 1.54) is 19.3 Å². The van der Waals surface area contributed by atoms with Gasteiger partial charge in [-0.25, -0.2) is 4.79 Å².